The van der Waals surface area contributed by atoms with E-state index in [1.54, 1.807) is 14.2 Å². The summed E-state index contributed by atoms with van der Waals surface area (Å²) in [6.07, 6.45) is -0.795. The zero-order chi connectivity index (χ0) is 15.2. The van der Waals surface area contributed by atoms with Gasteiger partial charge in [-0.1, -0.05) is 24.3 Å². The lowest BCUT2D eigenvalue weighted by atomic mass is 10.1. The first-order valence-electron chi connectivity index (χ1n) is 6.47. The van der Waals surface area contributed by atoms with E-state index in [-0.39, 0.29) is 6.29 Å². The van der Waals surface area contributed by atoms with Crippen molar-refractivity contribution >= 4 is 6.09 Å². The third kappa shape index (κ3) is 5.59. The Bertz CT molecular complexity index is 418. The Kier molecular flexibility index (Phi) is 5.98. The van der Waals surface area contributed by atoms with Gasteiger partial charge in [-0.2, -0.15) is 0 Å². The van der Waals surface area contributed by atoms with Crippen molar-refractivity contribution in [2.75, 3.05) is 14.2 Å². The van der Waals surface area contributed by atoms with Gasteiger partial charge in [0.15, 0.2) is 6.29 Å². The summed E-state index contributed by atoms with van der Waals surface area (Å²) in [5.74, 6) is 0. The number of alkyl carbamates (subject to hydrolysis) is 1. The molecule has 20 heavy (non-hydrogen) atoms. The molecule has 0 aromatic heterocycles. The first kappa shape index (κ1) is 16.5. The number of ether oxygens (including phenoxy) is 3. The largest absolute Gasteiger partial charge is 0.444 e. The molecule has 5 heteroatoms. The fourth-order valence-corrected chi connectivity index (χ4v) is 1.65. The molecule has 1 aromatic carbocycles. The van der Waals surface area contributed by atoms with Crippen molar-refractivity contribution in [3.05, 3.63) is 35.4 Å². The molecule has 0 saturated heterocycles. The molecule has 0 unspecified atom stereocenters. The first-order valence-corrected chi connectivity index (χ1v) is 6.47. The first-order chi connectivity index (χ1) is 9.35. The molecular weight excluding hydrogens is 258 g/mol. The number of amides is 1. The molecule has 0 heterocycles. The van der Waals surface area contributed by atoms with Gasteiger partial charge in [0.2, 0.25) is 0 Å². The van der Waals surface area contributed by atoms with Crippen molar-refractivity contribution in [3.63, 3.8) is 0 Å². The van der Waals surface area contributed by atoms with E-state index in [4.69, 9.17) is 14.2 Å². The van der Waals surface area contributed by atoms with Gasteiger partial charge in [-0.15, -0.1) is 0 Å². The predicted molar refractivity (Wildman–Crippen MR) is 76.3 cm³/mol. The zero-order valence-corrected chi connectivity index (χ0v) is 12.7. The van der Waals surface area contributed by atoms with Crippen LogP contribution in [0.5, 0.6) is 0 Å². The number of hydrogen-bond donors (Lipinski definition) is 1. The molecular formula is C15H23NO4. The standard InChI is InChI=1S/C15H23NO4/c1-15(2,3)20-14(17)16-10-11-6-8-12(9-7-11)13(18-4)19-5/h6-9,13H,10H2,1-5H3,(H,16,17). The Balaban J connectivity index is 2.52. The lowest BCUT2D eigenvalue weighted by Crippen LogP contribution is -2.32. The minimum Gasteiger partial charge on any atom is -0.444 e. The minimum atomic E-state index is -0.488. The maximum absolute atomic E-state index is 11.5. The van der Waals surface area contributed by atoms with E-state index in [1.165, 1.54) is 0 Å². The van der Waals surface area contributed by atoms with Gasteiger partial charge in [0.25, 0.3) is 0 Å². The lowest BCUT2D eigenvalue weighted by molar-refractivity contribution is -0.106. The van der Waals surface area contributed by atoms with Crippen LogP contribution in [0.2, 0.25) is 0 Å². The molecule has 0 aliphatic rings. The van der Waals surface area contributed by atoms with E-state index in [0.29, 0.717) is 6.54 Å². The molecule has 0 saturated carbocycles. The van der Waals surface area contributed by atoms with Gasteiger partial charge >= 0.3 is 6.09 Å². The van der Waals surface area contributed by atoms with E-state index in [9.17, 15) is 4.79 Å². The van der Waals surface area contributed by atoms with Crippen LogP contribution in [0.25, 0.3) is 0 Å². The summed E-state index contributed by atoms with van der Waals surface area (Å²) in [4.78, 5) is 11.5. The molecule has 0 spiro atoms. The van der Waals surface area contributed by atoms with Crippen LogP contribution in [0, 0.1) is 0 Å². The quantitative estimate of drug-likeness (QED) is 0.843. The van der Waals surface area contributed by atoms with Gasteiger partial charge in [-0.05, 0) is 26.3 Å². The molecule has 0 aliphatic heterocycles. The number of methoxy groups -OCH3 is 2. The maximum Gasteiger partial charge on any atom is 0.407 e. The van der Waals surface area contributed by atoms with Crippen LogP contribution >= 0.6 is 0 Å². The van der Waals surface area contributed by atoms with Crippen molar-refractivity contribution in [3.8, 4) is 0 Å². The predicted octanol–water partition coefficient (Wildman–Crippen LogP) is 3.00. The van der Waals surface area contributed by atoms with Crippen molar-refractivity contribution in [1.82, 2.24) is 5.32 Å². The summed E-state index contributed by atoms with van der Waals surface area (Å²) in [5, 5.41) is 2.71. The normalized spacial score (nSPS) is 11.5. The van der Waals surface area contributed by atoms with Crippen LogP contribution in [0.4, 0.5) is 4.79 Å². The second kappa shape index (κ2) is 7.26. The monoisotopic (exact) mass is 281 g/mol. The molecule has 0 aliphatic carbocycles. The van der Waals surface area contributed by atoms with Crippen molar-refractivity contribution in [2.45, 2.75) is 39.2 Å². The highest BCUT2D eigenvalue weighted by Crippen LogP contribution is 2.17. The van der Waals surface area contributed by atoms with Gasteiger partial charge in [0.05, 0.1) is 0 Å². The number of carbonyl (C=O) groups is 1. The van der Waals surface area contributed by atoms with Crippen LogP contribution in [0.3, 0.4) is 0 Å². The Morgan fingerprint density at radius 1 is 1.15 bits per heavy atom. The summed E-state index contributed by atoms with van der Waals surface area (Å²) >= 11 is 0. The topological polar surface area (TPSA) is 56.8 Å². The van der Waals surface area contributed by atoms with Crippen LogP contribution in [0.1, 0.15) is 38.2 Å². The second-order valence-corrected chi connectivity index (χ2v) is 5.40. The van der Waals surface area contributed by atoms with E-state index < -0.39 is 11.7 Å². The van der Waals surface area contributed by atoms with Crippen molar-refractivity contribution < 1.29 is 19.0 Å². The molecule has 0 fully saturated rings. The summed E-state index contributed by atoms with van der Waals surface area (Å²) in [6.45, 7) is 5.91. The van der Waals surface area contributed by atoms with Gasteiger partial charge in [-0.25, -0.2) is 4.79 Å². The third-order valence-corrected chi connectivity index (χ3v) is 2.52. The lowest BCUT2D eigenvalue weighted by Gasteiger charge is -2.19. The van der Waals surface area contributed by atoms with E-state index >= 15 is 0 Å². The van der Waals surface area contributed by atoms with Crippen LogP contribution in [-0.2, 0) is 20.8 Å². The van der Waals surface area contributed by atoms with Crippen LogP contribution < -0.4 is 5.32 Å². The molecule has 1 rings (SSSR count). The highest BCUT2D eigenvalue weighted by Gasteiger charge is 2.15. The summed E-state index contributed by atoms with van der Waals surface area (Å²) in [5.41, 5.74) is 1.42. The number of hydrogen-bond acceptors (Lipinski definition) is 4. The summed E-state index contributed by atoms with van der Waals surface area (Å²) < 4.78 is 15.5. The summed E-state index contributed by atoms with van der Waals surface area (Å²) in [7, 11) is 3.18. The van der Waals surface area contributed by atoms with Gasteiger partial charge in [0.1, 0.15) is 5.60 Å². The van der Waals surface area contributed by atoms with Gasteiger partial charge < -0.3 is 19.5 Å². The van der Waals surface area contributed by atoms with E-state index in [0.717, 1.165) is 11.1 Å². The molecule has 1 aromatic rings. The highest BCUT2D eigenvalue weighted by atomic mass is 16.7. The highest BCUT2D eigenvalue weighted by molar-refractivity contribution is 5.67. The second-order valence-electron chi connectivity index (χ2n) is 5.40. The van der Waals surface area contributed by atoms with Crippen LogP contribution in [0.15, 0.2) is 24.3 Å². The molecule has 112 valence electrons. The van der Waals surface area contributed by atoms with E-state index in [1.807, 2.05) is 45.0 Å². The SMILES string of the molecule is COC(OC)c1ccc(CNC(=O)OC(C)(C)C)cc1. The average Bonchev–Trinajstić information content (AvgIpc) is 2.37. The number of benzene rings is 1. The van der Waals surface area contributed by atoms with Crippen molar-refractivity contribution in [2.24, 2.45) is 0 Å². The number of carbonyl (C=O) groups excluding carboxylic acids is 1. The third-order valence-electron chi connectivity index (χ3n) is 2.52. The van der Waals surface area contributed by atoms with Crippen LogP contribution in [-0.4, -0.2) is 25.9 Å². The molecule has 5 nitrogen and oxygen atoms in total. The fraction of sp³-hybridized carbons (Fsp3) is 0.533. The van der Waals surface area contributed by atoms with Gasteiger partial charge in [-0.3, -0.25) is 0 Å². The Morgan fingerprint density at radius 3 is 2.15 bits per heavy atom. The molecule has 0 atom stereocenters. The maximum atomic E-state index is 11.5. The number of nitrogens with one attached hydrogen (secondary N) is 1. The summed E-state index contributed by atoms with van der Waals surface area (Å²) in [6, 6.07) is 7.64. The Morgan fingerprint density at radius 2 is 1.70 bits per heavy atom. The molecule has 1 amide bonds. The minimum absolute atomic E-state index is 0.372. The molecule has 0 bridgehead atoms. The average molecular weight is 281 g/mol. The zero-order valence-electron chi connectivity index (χ0n) is 12.7. The Hall–Kier alpha value is -1.59. The molecule has 1 N–H and O–H groups in total. The van der Waals surface area contributed by atoms with E-state index in [2.05, 4.69) is 5.32 Å². The van der Waals surface area contributed by atoms with Crippen molar-refractivity contribution in [1.29, 1.82) is 0 Å². The fourth-order valence-electron chi connectivity index (χ4n) is 1.65. The Labute approximate surface area is 120 Å². The smallest absolute Gasteiger partial charge is 0.407 e. The number of rotatable bonds is 5. The van der Waals surface area contributed by atoms with Gasteiger partial charge in [0, 0.05) is 26.3 Å². The molecule has 0 radical (unpaired) electrons.